The van der Waals surface area contributed by atoms with Crippen molar-refractivity contribution in [2.45, 2.75) is 13.0 Å². The molecule has 4 bridgehead atoms. The number of ether oxygens (including phenoxy) is 2. The van der Waals surface area contributed by atoms with Crippen molar-refractivity contribution in [3.8, 4) is 11.4 Å². The van der Waals surface area contributed by atoms with E-state index in [0.29, 0.717) is 30.2 Å². The predicted molar refractivity (Wildman–Crippen MR) is 96.2 cm³/mol. The van der Waals surface area contributed by atoms with Crippen molar-refractivity contribution in [1.82, 2.24) is 24.5 Å². The Kier molecular flexibility index (Phi) is 4.63. The maximum absolute atomic E-state index is 13.9. The number of hydrogen-bond donors (Lipinski definition) is 1. The summed E-state index contributed by atoms with van der Waals surface area (Å²) in [5.41, 5.74) is 0.430. The first kappa shape index (κ1) is 18.2. The van der Waals surface area contributed by atoms with Crippen LogP contribution in [-0.4, -0.2) is 56.7 Å². The molecule has 28 heavy (non-hydrogen) atoms. The summed E-state index contributed by atoms with van der Waals surface area (Å²) in [6.07, 6.45) is 0.911. The van der Waals surface area contributed by atoms with Gasteiger partial charge in [-0.25, -0.2) is 4.39 Å². The van der Waals surface area contributed by atoms with Gasteiger partial charge in [0, 0.05) is 31.4 Å². The van der Waals surface area contributed by atoms with E-state index in [4.69, 9.17) is 9.47 Å². The number of aromatic nitrogens is 4. The first-order valence-electron chi connectivity index (χ1n) is 8.85. The van der Waals surface area contributed by atoms with Gasteiger partial charge in [0.2, 0.25) is 0 Å². The number of fused-ring (bicyclic) bond motifs is 7. The van der Waals surface area contributed by atoms with Crippen LogP contribution in [0.4, 0.5) is 4.39 Å². The monoisotopic (exact) mass is 389 g/mol. The van der Waals surface area contributed by atoms with E-state index >= 15 is 0 Å². The van der Waals surface area contributed by atoms with Gasteiger partial charge in [0.25, 0.3) is 11.5 Å². The van der Waals surface area contributed by atoms with Gasteiger partial charge in [0.15, 0.2) is 12.4 Å². The fourth-order valence-electron chi connectivity index (χ4n) is 3.23. The molecule has 2 aliphatic rings. The van der Waals surface area contributed by atoms with Crippen LogP contribution in [0.25, 0.3) is 5.69 Å². The highest BCUT2D eigenvalue weighted by Crippen LogP contribution is 2.26. The van der Waals surface area contributed by atoms with Gasteiger partial charge in [0.05, 0.1) is 13.2 Å². The van der Waals surface area contributed by atoms with Gasteiger partial charge in [-0.05, 0) is 19.1 Å². The maximum Gasteiger partial charge on any atom is 0.275 e. The molecule has 2 aliphatic heterocycles. The average molecular weight is 389 g/mol. The summed E-state index contributed by atoms with van der Waals surface area (Å²) in [4.78, 5) is 32.4. The van der Waals surface area contributed by atoms with Crippen LogP contribution in [0.3, 0.4) is 0 Å². The van der Waals surface area contributed by atoms with Crippen molar-refractivity contribution in [3.05, 3.63) is 52.0 Å². The molecule has 148 valence electrons. The second-order valence-corrected chi connectivity index (χ2v) is 6.67. The Morgan fingerprint density at radius 1 is 1.32 bits per heavy atom. The standard InChI is InChI=1S/C18H20FN5O4/c1-11-8-20-24-13-4-3-12(19)7-14(13)28-10-16(25)23-5-6-27-15(9-23)17(22(24)2)21-18(11)26/h3-4,7-8,15,20H,5-6,9-10H2,1-2H3. The number of carbonyl (C=O) groups is 1. The number of H-pyrrole nitrogens is 1. The SMILES string of the molecule is Cc1c[nH]n2n(C)c(nc1=O)C1CN(CCO1)C(=O)COc1cc(F)ccc1-2. The van der Waals surface area contributed by atoms with E-state index in [9.17, 15) is 14.0 Å². The molecule has 1 fully saturated rings. The Bertz CT molecular complexity index is 1040. The summed E-state index contributed by atoms with van der Waals surface area (Å²) < 4.78 is 26.9. The van der Waals surface area contributed by atoms with Crippen molar-refractivity contribution in [1.29, 1.82) is 0 Å². The first-order chi connectivity index (χ1) is 13.4. The van der Waals surface area contributed by atoms with Crippen LogP contribution in [0.1, 0.15) is 17.5 Å². The summed E-state index contributed by atoms with van der Waals surface area (Å²) >= 11 is 0. The number of amides is 1. The number of aromatic amines is 1. The number of aryl methyl sites for hydroxylation is 1. The molecule has 1 aromatic carbocycles. The number of nitrogens with zero attached hydrogens (tertiary/aromatic N) is 4. The second kappa shape index (κ2) is 7.12. The van der Waals surface area contributed by atoms with Crippen molar-refractivity contribution in [2.24, 2.45) is 7.05 Å². The van der Waals surface area contributed by atoms with E-state index < -0.39 is 17.5 Å². The molecule has 0 saturated carbocycles. The molecule has 1 unspecified atom stereocenters. The lowest BCUT2D eigenvalue weighted by Crippen LogP contribution is -2.45. The summed E-state index contributed by atoms with van der Waals surface area (Å²) in [6.45, 7) is 2.35. The Hall–Kier alpha value is -3.14. The Labute approximate surface area is 159 Å². The van der Waals surface area contributed by atoms with Crippen molar-refractivity contribution >= 4 is 5.91 Å². The molecule has 1 N–H and O–H groups in total. The molecule has 1 atom stereocenters. The zero-order chi connectivity index (χ0) is 19.8. The summed E-state index contributed by atoms with van der Waals surface area (Å²) in [5.74, 6) is -0.223. The molecule has 4 rings (SSSR count). The lowest BCUT2D eigenvalue weighted by atomic mass is 10.2. The Morgan fingerprint density at radius 2 is 2.14 bits per heavy atom. The number of morpholine rings is 1. The number of halogens is 1. The van der Waals surface area contributed by atoms with E-state index in [1.807, 2.05) is 0 Å². The zero-order valence-electron chi connectivity index (χ0n) is 15.5. The van der Waals surface area contributed by atoms with E-state index in [-0.39, 0.29) is 24.8 Å². The summed E-state index contributed by atoms with van der Waals surface area (Å²) in [7, 11) is 1.70. The van der Waals surface area contributed by atoms with E-state index in [1.54, 1.807) is 28.3 Å². The quantitative estimate of drug-likeness (QED) is 0.718. The molecular formula is C18H20FN5O4. The van der Waals surface area contributed by atoms with E-state index in [0.717, 1.165) is 0 Å². The number of rotatable bonds is 0. The van der Waals surface area contributed by atoms with E-state index in [1.165, 1.54) is 24.4 Å². The minimum absolute atomic E-state index is 0.184. The third-order valence-electron chi connectivity index (χ3n) is 4.80. The van der Waals surface area contributed by atoms with Gasteiger partial charge >= 0.3 is 0 Å². The maximum atomic E-state index is 13.9. The molecule has 1 amide bonds. The predicted octanol–water partition coefficient (Wildman–Crippen LogP) is 0.763. The van der Waals surface area contributed by atoms with Crippen LogP contribution in [0.2, 0.25) is 0 Å². The second-order valence-electron chi connectivity index (χ2n) is 6.67. The molecule has 9 nitrogen and oxygen atoms in total. The fourth-order valence-corrected chi connectivity index (χ4v) is 3.23. The van der Waals surface area contributed by atoms with Gasteiger partial charge in [-0.2, -0.15) is 9.78 Å². The normalized spacial score (nSPS) is 18.6. The Morgan fingerprint density at radius 3 is 2.96 bits per heavy atom. The van der Waals surface area contributed by atoms with Gasteiger partial charge in [-0.3, -0.25) is 19.4 Å². The average Bonchev–Trinajstić information content (AvgIpc) is 2.70. The molecule has 1 saturated heterocycles. The molecular weight excluding hydrogens is 369 g/mol. The molecule has 0 aliphatic carbocycles. The van der Waals surface area contributed by atoms with E-state index in [2.05, 4.69) is 10.1 Å². The van der Waals surface area contributed by atoms with Crippen molar-refractivity contribution in [2.75, 3.05) is 26.3 Å². The highest BCUT2D eigenvalue weighted by atomic mass is 19.1. The van der Waals surface area contributed by atoms with Crippen LogP contribution in [0.15, 0.2) is 29.2 Å². The fraction of sp³-hybridized carbons (Fsp3) is 0.389. The Balaban J connectivity index is 2.04. The van der Waals surface area contributed by atoms with Crippen LogP contribution in [0, 0.1) is 12.7 Å². The number of benzene rings is 1. The minimum Gasteiger partial charge on any atom is -0.481 e. The van der Waals surface area contributed by atoms with Gasteiger partial charge < -0.3 is 14.4 Å². The lowest BCUT2D eigenvalue weighted by molar-refractivity contribution is -0.141. The molecule has 3 heterocycles. The molecule has 2 aromatic rings. The number of carbonyl (C=O) groups excluding carboxylic acids is 1. The third kappa shape index (κ3) is 3.26. The first-order valence-corrected chi connectivity index (χ1v) is 8.85. The highest BCUT2D eigenvalue weighted by molar-refractivity contribution is 5.78. The van der Waals surface area contributed by atoms with Crippen LogP contribution in [0.5, 0.6) is 5.75 Å². The van der Waals surface area contributed by atoms with Crippen LogP contribution >= 0.6 is 0 Å². The number of hydrogen-bond acceptors (Lipinski definition) is 5. The highest BCUT2D eigenvalue weighted by Gasteiger charge is 2.29. The van der Waals surface area contributed by atoms with Gasteiger partial charge in [-0.15, -0.1) is 0 Å². The van der Waals surface area contributed by atoms with Crippen molar-refractivity contribution in [3.63, 3.8) is 0 Å². The molecule has 10 heteroatoms. The molecule has 0 radical (unpaired) electrons. The summed E-state index contributed by atoms with van der Waals surface area (Å²) in [6, 6.07) is 4.02. The minimum atomic E-state index is -0.594. The summed E-state index contributed by atoms with van der Waals surface area (Å²) in [5, 5.41) is 3.02. The van der Waals surface area contributed by atoms with Crippen LogP contribution < -0.4 is 10.3 Å². The van der Waals surface area contributed by atoms with Gasteiger partial charge in [-0.1, -0.05) is 0 Å². The van der Waals surface area contributed by atoms with Crippen molar-refractivity contribution < 1.29 is 18.7 Å². The molecule has 1 aromatic heterocycles. The van der Waals surface area contributed by atoms with Crippen LogP contribution in [-0.2, 0) is 16.6 Å². The largest absolute Gasteiger partial charge is 0.481 e. The smallest absolute Gasteiger partial charge is 0.275 e. The van der Waals surface area contributed by atoms with Gasteiger partial charge in [0.1, 0.15) is 23.4 Å². The lowest BCUT2D eigenvalue weighted by Gasteiger charge is -2.32. The molecule has 0 spiro atoms. The third-order valence-corrected chi connectivity index (χ3v) is 4.80. The topological polar surface area (TPSA) is 94.4 Å². The number of nitrogens with one attached hydrogen (secondary N) is 1. The zero-order valence-corrected chi connectivity index (χ0v) is 15.5.